The van der Waals surface area contributed by atoms with Crippen molar-refractivity contribution >= 4 is 11.6 Å². The molecule has 142 valence electrons. The number of likely N-dealkylation sites (N-methyl/N-ethyl adjacent to an activating group) is 1. The molecule has 1 atom stereocenters. The van der Waals surface area contributed by atoms with Crippen molar-refractivity contribution in [1.29, 1.82) is 0 Å². The van der Waals surface area contributed by atoms with Gasteiger partial charge >= 0.3 is 0 Å². The zero-order valence-electron chi connectivity index (χ0n) is 15.5. The molecule has 0 N–H and O–H groups in total. The van der Waals surface area contributed by atoms with E-state index in [1.165, 1.54) is 18.9 Å². The molecule has 7 nitrogen and oxygen atoms in total. The van der Waals surface area contributed by atoms with Gasteiger partial charge in [0.15, 0.2) is 0 Å². The highest BCUT2D eigenvalue weighted by Crippen LogP contribution is 2.25. The first-order valence-electron chi connectivity index (χ1n) is 9.16. The van der Waals surface area contributed by atoms with Crippen LogP contribution in [0.15, 0.2) is 48.8 Å². The number of nitro benzene ring substituents is 1. The molecule has 1 saturated heterocycles. The van der Waals surface area contributed by atoms with E-state index in [-0.39, 0.29) is 24.1 Å². The lowest BCUT2D eigenvalue weighted by molar-refractivity contribution is -0.385. The molecule has 1 unspecified atom stereocenters. The summed E-state index contributed by atoms with van der Waals surface area (Å²) in [6.07, 6.45) is 5.82. The number of rotatable bonds is 7. The summed E-state index contributed by atoms with van der Waals surface area (Å²) in [5.74, 6) is -0.134. The predicted molar refractivity (Wildman–Crippen MR) is 102 cm³/mol. The lowest BCUT2D eigenvalue weighted by Crippen LogP contribution is -2.39. The SMILES string of the molecule is CN(C(=O)Cc1ccccc1[N+](=O)[O-])C(CN1CCCC1)c1ccncc1. The summed E-state index contributed by atoms with van der Waals surface area (Å²) in [5, 5.41) is 11.2. The zero-order valence-corrected chi connectivity index (χ0v) is 15.5. The van der Waals surface area contributed by atoms with Gasteiger partial charge in [-0.1, -0.05) is 18.2 Å². The van der Waals surface area contributed by atoms with E-state index in [2.05, 4.69) is 9.88 Å². The minimum absolute atomic E-state index is 0.00916. The average Bonchev–Trinajstić information content (AvgIpc) is 3.20. The Bertz CT molecular complexity index is 791. The molecule has 27 heavy (non-hydrogen) atoms. The van der Waals surface area contributed by atoms with E-state index in [0.717, 1.165) is 25.2 Å². The maximum Gasteiger partial charge on any atom is 0.273 e. The third-order valence-electron chi connectivity index (χ3n) is 5.11. The van der Waals surface area contributed by atoms with E-state index >= 15 is 0 Å². The Morgan fingerprint density at radius 3 is 2.56 bits per heavy atom. The maximum atomic E-state index is 12.9. The normalized spacial score (nSPS) is 15.4. The van der Waals surface area contributed by atoms with E-state index in [1.54, 1.807) is 42.5 Å². The number of benzene rings is 1. The first kappa shape index (κ1) is 19.0. The van der Waals surface area contributed by atoms with Crippen LogP contribution in [0.5, 0.6) is 0 Å². The Morgan fingerprint density at radius 1 is 1.22 bits per heavy atom. The molecule has 1 aliphatic heterocycles. The number of hydrogen-bond acceptors (Lipinski definition) is 5. The topological polar surface area (TPSA) is 79.6 Å². The van der Waals surface area contributed by atoms with E-state index < -0.39 is 4.92 Å². The summed E-state index contributed by atoms with van der Waals surface area (Å²) in [6.45, 7) is 2.82. The molecule has 0 aliphatic carbocycles. The highest BCUT2D eigenvalue weighted by molar-refractivity contribution is 5.80. The number of hydrogen-bond donors (Lipinski definition) is 0. The monoisotopic (exact) mass is 368 g/mol. The van der Waals surface area contributed by atoms with Crippen molar-refractivity contribution in [3.63, 3.8) is 0 Å². The Labute approximate surface area is 158 Å². The Morgan fingerprint density at radius 2 is 1.89 bits per heavy atom. The van der Waals surface area contributed by atoms with Crippen molar-refractivity contribution in [2.24, 2.45) is 0 Å². The van der Waals surface area contributed by atoms with Crippen LogP contribution in [0.3, 0.4) is 0 Å². The fourth-order valence-corrected chi connectivity index (χ4v) is 3.55. The minimum Gasteiger partial charge on any atom is -0.337 e. The highest BCUT2D eigenvalue weighted by atomic mass is 16.6. The van der Waals surface area contributed by atoms with Crippen LogP contribution in [0.4, 0.5) is 5.69 Å². The Hall–Kier alpha value is -2.80. The summed E-state index contributed by atoms with van der Waals surface area (Å²) in [6, 6.07) is 10.2. The van der Waals surface area contributed by atoms with Crippen molar-refractivity contribution in [3.8, 4) is 0 Å². The number of nitrogens with zero attached hydrogens (tertiary/aromatic N) is 4. The summed E-state index contributed by atoms with van der Waals surface area (Å²) in [4.78, 5) is 31.9. The van der Waals surface area contributed by atoms with Crippen LogP contribution in [0.1, 0.15) is 30.0 Å². The summed E-state index contributed by atoms with van der Waals surface area (Å²) in [7, 11) is 1.78. The molecular weight excluding hydrogens is 344 g/mol. The number of nitro groups is 1. The van der Waals surface area contributed by atoms with E-state index in [0.29, 0.717) is 5.56 Å². The second-order valence-electron chi connectivity index (χ2n) is 6.87. The van der Waals surface area contributed by atoms with Crippen molar-refractivity contribution < 1.29 is 9.72 Å². The van der Waals surface area contributed by atoms with E-state index in [1.807, 2.05) is 12.1 Å². The summed E-state index contributed by atoms with van der Waals surface area (Å²) in [5.41, 5.74) is 1.45. The molecular formula is C20H24N4O3. The van der Waals surface area contributed by atoms with Crippen LogP contribution in [0.2, 0.25) is 0 Å². The molecule has 7 heteroatoms. The van der Waals surface area contributed by atoms with E-state index in [4.69, 9.17) is 0 Å². The van der Waals surface area contributed by atoms with Crippen molar-refractivity contribution in [2.45, 2.75) is 25.3 Å². The van der Waals surface area contributed by atoms with Crippen molar-refractivity contribution in [1.82, 2.24) is 14.8 Å². The van der Waals surface area contributed by atoms with Gasteiger partial charge in [-0.2, -0.15) is 0 Å². The first-order valence-corrected chi connectivity index (χ1v) is 9.16. The lowest BCUT2D eigenvalue weighted by Gasteiger charge is -2.32. The Kier molecular flexibility index (Phi) is 6.13. The predicted octanol–water partition coefficient (Wildman–Crippen LogP) is 2.83. The van der Waals surface area contributed by atoms with Gasteiger partial charge in [0.25, 0.3) is 5.69 Å². The highest BCUT2D eigenvalue weighted by Gasteiger charge is 2.27. The van der Waals surface area contributed by atoms with Crippen LogP contribution >= 0.6 is 0 Å². The van der Waals surface area contributed by atoms with Gasteiger partial charge in [0.05, 0.1) is 17.4 Å². The number of para-hydroxylation sites is 1. The van der Waals surface area contributed by atoms with Crippen LogP contribution < -0.4 is 0 Å². The molecule has 1 aromatic heterocycles. The fourth-order valence-electron chi connectivity index (χ4n) is 3.55. The minimum atomic E-state index is -0.437. The Balaban J connectivity index is 1.79. The second kappa shape index (κ2) is 8.73. The van der Waals surface area contributed by atoms with Gasteiger partial charge in [0, 0.05) is 37.6 Å². The summed E-state index contributed by atoms with van der Waals surface area (Å²) >= 11 is 0. The number of likely N-dealkylation sites (tertiary alicyclic amines) is 1. The van der Waals surface area contributed by atoms with Gasteiger partial charge in [-0.05, 0) is 43.6 Å². The van der Waals surface area contributed by atoms with Crippen LogP contribution in [0, 0.1) is 10.1 Å². The second-order valence-corrected chi connectivity index (χ2v) is 6.87. The smallest absolute Gasteiger partial charge is 0.273 e. The zero-order chi connectivity index (χ0) is 19.2. The van der Waals surface area contributed by atoms with Gasteiger partial charge in [-0.3, -0.25) is 19.9 Å². The number of carbonyl (C=O) groups excluding carboxylic acids is 1. The van der Waals surface area contributed by atoms with Crippen molar-refractivity contribution in [3.05, 3.63) is 70.0 Å². The third kappa shape index (κ3) is 4.68. The largest absolute Gasteiger partial charge is 0.337 e. The fraction of sp³-hybridized carbons (Fsp3) is 0.400. The number of carbonyl (C=O) groups is 1. The van der Waals surface area contributed by atoms with Crippen LogP contribution in [-0.2, 0) is 11.2 Å². The van der Waals surface area contributed by atoms with Gasteiger partial charge in [-0.15, -0.1) is 0 Å². The number of amides is 1. The molecule has 1 aromatic carbocycles. The molecule has 0 bridgehead atoms. The molecule has 1 aliphatic rings. The third-order valence-corrected chi connectivity index (χ3v) is 5.11. The number of pyridine rings is 1. The van der Waals surface area contributed by atoms with Crippen molar-refractivity contribution in [2.75, 3.05) is 26.7 Å². The molecule has 0 saturated carbocycles. The van der Waals surface area contributed by atoms with Gasteiger partial charge in [-0.25, -0.2) is 0 Å². The molecule has 2 aromatic rings. The lowest BCUT2D eigenvalue weighted by atomic mass is 10.0. The number of aromatic nitrogens is 1. The summed E-state index contributed by atoms with van der Waals surface area (Å²) < 4.78 is 0. The average molecular weight is 368 g/mol. The standard InChI is InChI=1S/C20H24N4O3/c1-22(20(25)14-17-6-2-3-7-18(17)24(26)27)19(15-23-12-4-5-13-23)16-8-10-21-11-9-16/h2-3,6-11,19H,4-5,12-15H2,1H3. The molecule has 0 radical (unpaired) electrons. The van der Waals surface area contributed by atoms with Gasteiger partial charge < -0.3 is 9.80 Å². The van der Waals surface area contributed by atoms with Crippen LogP contribution in [-0.4, -0.2) is 52.3 Å². The molecule has 3 rings (SSSR count). The van der Waals surface area contributed by atoms with Gasteiger partial charge in [0.2, 0.25) is 5.91 Å². The molecule has 0 spiro atoms. The maximum absolute atomic E-state index is 12.9. The first-order chi connectivity index (χ1) is 13.1. The molecule has 1 amide bonds. The molecule has 1 fully saturated rings. The molecule has 2 heterocycles. The van der Waals surface area contributed by atoms with Gasteiger partial charge in [0.1, 0.15) is 0 Å². The quantitative estimate of drug-likeness (QED) is 0.555. The van der Waals surface area contributed by atoms with E-state index in [9.17, 15) is 14.9 Å². The van der Waals surface area contributed by atoms with Crippen LogP contribution in [0.25, 0.3) is 0 Å².